The second-order valence-corrected chi connectivity index (χ2v) is 0.820. The van der Waals surface area contributed by atoms with E-state index in [4.69, 9.17) is 0 Å². The van der Waals surface area contributed by atoms with Gasteiger partial charge in [0.2, 0.25) is 0 Å². The molecule has 7 heavy (non-hydrogen) atoms. The van der Waals surface area contributed by atoms with Crippen molar-refractivity contribution in [2.75, 3.05) is 7.05 Å². The van der Waals surface area contributed by atoms with Crippen LogP contribution in [0.25, 0.3) is 0 Å². The summed E-state index contributed by atoms with van der Waals surface area (Å²) in [5.74, 6) is 1.60. The Labute approximate surface area is 40.7 Å². The normalized spacial score (nSPS) is 7.43. The van der Waals surface area contributed by atoms with Gasteiger partial charge in [0.25, 0.3) is 0 Å². The maximum atomic E-state index is 11.0. The Kier molecular flexibility index (Phi) is 3.03. The number of alkyl halides is 2. The molecule has 0 rings (SSSR count). The molecule has 3 heteroatoms. The maximum Gasteiger partial charge on any atom is 0.300 e. The van der Waals surface area contributed by atoms with Crippen LogP contribution < -0.4 is 5.32 Å². The monoisotopic (exact) mass is 105 g/mol. The van der Waals surface area contributed by atoms with Crippen molar-refractivity contribution in [3.63, 3.8) is 0 Å². The van der Waals surface area contributed by atoms with E-state index in [1.807, 2.05) is 6.04 Å². The predicted molar refractivity (Wildman–Crippen MR) is 22.8 cm³/mol. The molecule has 0 heterocycles. The van der Waals surface area contributed by atoms with Gasteiger partial charge in [-0.25, -0.2) is 0 Å². The van der Waals surface area contributed by atoms with E-state index in [-0.39, 0.29) is 0 Å². The SMILES string of the molecule is CNC#CC(F)F. The highest BCUT2D eigenvalue weighted by atomic mass is 19.3. The van der Waals surface area contributed by atoms with E-state index >= 15 is 0 Å². The Morgan fingerprint density at radius 1 is 1.57 bits per heavy atom. The predicted octanol–water partition coefficient (Wildman–Crippen LogP) is 0.432. The molecular formula is C4H5F2N. The van der Waals surface area contributed by atoms with Gasteiger partial charge in [0.15, 0.2) is 0 Å². The van der Waals surface area contributed by atoms with Crippen LogP contribution in [-0.4, -0.2) is 13.5 Å². The van der Waals surface area contributed by atoms with E-state index in [9.17, 15) is 8.78 Å². The summed E-state index contributed by atoms with van der Waals surface area (Å²) in [5.41, 5.74) is 0. The van der Waals surface area contributed by atoms with Gasteiger partial charge in [0.1, 0.15) is 0 Å². The molecule has 0 unspecified atom stereocenters. The number of halogens is 2. The summed E-state index contributed by atoms with van der Waals surface area (Å²) < 4.78 is 22.0. The molecule has 0 atom stereocenters. The Morgan fingerprint density at radius 2 is 2.14 bits per heavy atom. The van der Waals surface area contributed by atoms with Crippen molar-refractivity contribution in [1.82, 2.24) is 5.32 Å². The highest BCUT2D eigenvalue weighted by molar-refractivity contribution is 4.98. The van der Waals surface area contributed by atoms with Crippen LogP contribution in [0.1, 0.15) is 0 Å². The van der Waals surface area contributed by atoms with Crippen LogP contribution in [-0.2, 0) is 0 Å². The third-order valence-corrected chi connectivity index (χ3v) is 0.306. The second kappa shape index (κ2) is 3.41. The van der Waals surface area contributed by atoms with Crippen molar-refractivity contribution in [1.29, 1.82) is 0 Å². The van der Waals surface area contributed by atoms with E-state index in [1.165, 1.54) is 7.05 Å². The first kappa shape index (κ1) is 6.22. The van der Waals surface area contributed by atoms with Gasteiger partial charge in [-0.3, -0.25) is 0 Å². The van der Waals surface area contributed by atoms with Crippen LogP contribution in [0.2, 0.25) is 0 Å². The second-order valence-electron chi connectivity index (χ2n) is 0.820. The number of nitrogens with one attached hydrogen (secondary N) is 1. The molecule has 0 saturated heterocycles. The van der Waals surface area contributed by atoms with E-state index in [2.05, 4.69) is 5.32 Å². The highest BCUT2D eigenvalue weighted by Crippen LogP contribution is 1.84. The summed E-state index contributed by atoms with van der Waals surface area (Å²) in [4.78, 5) is 0. The molecule has 0 fully saturated rings. The molecule has 0 aromatic rings. The van der Waals surface area contributed by atoms with Crippen molar-refractivity contribution in [3.8, 4) is 12.0 Å². The summed E-state index contributed by atoms with van der Waals surface area (Å²) in [6, 6.07) is 2.00. The molecular weight excluding hydrogens is 100 g/mol. The Balaban J connectivity index is 3.24. The zero-order valence-electron chi connectivity index (χ0n) is 3.83. The summed E-state index contributed by atoms with van der Waals surface area (Å²) >= 11 is 0. The molecule has 1 N–H and O–H groups in total. The van der Waals surface area contributed by atoms with Gasteiger partial charge in [-0.05, 0) is 5.92 Å². The summed E-state index contributed by atoms with van der Waals surface area (Å²) in [5, 5.41) is 2.26. The molecule has 0 aliphatic rings. The van der Waals surface area contributed by atoms with Gasteiger partial charge in [-0.15, -0.1) is 0 Å². The van der Waals surface area contributed by atoms with Gasteiger partial charge < -0.3 is 5.32 Å². The average molecular weight is 105 g/mol. The fraction of sp³-hybridized carbons (Fsp3) is 0.500. The first-order valence-corrected chi connectivity index (χ1v) is 1.73. The topological polar surface area (TPSA) is 12.0 Å². The smallest absolute Gasteiger partial charge is 0.300 e. The lowest BCUT2D eigenvalue weighted by atomic mass is 10.7. The Hall–Kier alpha value is -0.780. The number of rotatable bonds is 0. The van der Waals surface area contributed by atoms with Crippen LogP contribution in [0.3, 0.4) is 0 Å². The molecule has 0 aromatic carbocycles. The lowest BCUT2D eigenvalue weighted by Gasteiger charge is -1.77. The number of hydrogen-bond acceptors (Lipinski definition) is 1. The maximum absolute atomic E-state index is 11.0. The zero-order chi connectivity index (χ0) is 5.70. The van der Waals surface area contributed by atoms with Crippen LogP contribution in [0, 0.1) is 12.0 Å². The standard InChI is InChI=1S/C4H5F2N/c1-7-3-2-4(5)6/h4,7H,1H3. The largest absolute Gasteiger partial charge is 0.349 e. The molecule has 1 nitrogen and oxygen atoms in total. The lowest BCUT2D eigenvalue weighted by molar-refractivity contribution is 0.215. The Morgan fingerprint density at radius 3 is 2.29 bits per heavy atom. The molecule has 0 radical (unpaired) electrons. The minimum Gasteiger partial charge on any atom is -0.349 e. The van der Waals surface area contributed by atoms with Gasteiger partial charge >= 0.3 is 6.43 Å². The molecule has 0 amide bonds. The fourth-order valence-electron chi connectivity index (χ4n) is 0.127. The van der Waals surface area contributed by atoms with Crippen LogP contribution in [0.5, 0.6) is 0 Å². The van der Waals surface area contributed by atoms with Gasteiger partial charge in [0.05, 0.1) is 0 Å². The van der Waals surface area contributed by atoms with E-state index in [0.717, 1.165) is 0 Å². The summed E-state index contributed by atoms with van der Waals surface area (Å²) in [6.07, 6.45) is -2.52. The van der Waals surface area contributed by atoms with Gasteiger partial charge in [-0.2, -0.15) is 8.78 Å². The van der Waals surface area contributed by atoms with Crippen LogP contribution >= 0.6 is 0 Å². The van der Waals surface area contributed by atoms with E-state index in [0.29, 0.717) is 0 Å². The highest BCUT2D eigenvalue weighted by Gasteiger charge is 1.88. The first-order chi connectivity index (χ1) is 3.27. The molecule has 0 bridgehead atoms. The molecule has 0 saturated carbocycles. The van der Waals surface area contributed by atoms with Crippen LogP contribution in [0.4, 0.5) is 8.78 Å². The van der Waals surface area contributed by atoms with Gasteiger partial charge in [0, 0.05) is 13.1 Å². The van der Waals surface area contributed by atoms with Gasteiger partial charge in [-0.1, -0.05) is 0 Å². The minimum atomic E-state index is -2.52. The van der Waals surface area contributed by atoms with E-state index in [1.54, 1.807) is 5.92 Å². The molecule has 0 spiro atoms. The molecule has 0 aliphatic carbocycles. The van der Waals surface area contributed by atoms with Crippen molar-refractivity contribution < 1.29 is 8.78 Å². The fourth-order valence-corrected chi connectivity index (χ4v) is 0.127. The number of hydrogen-bond donors (Lipinski definition) is 1. The zero-order valence-corrected chi connectivity index (χ0v) is 3.83. The van der Waals surface area contributed by atoms with Crippen molar-refractivity contribution in [2.24, 2.45) is 0 Å². The minimum absolute atomic E-state index is 1.48. The van der Waals surface area contributed by atoms with E-state index < -0.39 is 6.43 Å². The third kappa shape index (κ3) is 5.22. The molecule has 40 valence electrons. The first-order valence-electron chi connectivity index (χ1n) is 1.73. The summed E-state index contributed by atoms with van der Waals surface area (Å²) in [6.45, 7) is 0. The Bertz CT molecular complexity index is 89.6. The summed E-state index contributed by atoms with van der Waals surface area (Å²) in [7, 11) is 1.48. The quantitative estimate of drug-likeness (QED) is 0.348. The average Bonchev–Trinajstić information content (AvgIpc) is 1.61. The van der Waals surface area contributed by atoms with Crippen molar-refractivity contribution in [2.45, 2.75) is 6.43 Å². The van der Waals surface area contributed by atoms with Crippen LogP contribution in [0.15, 0.2) is 0 Å². The molecule has 0 aliphatic heterocycles. The lowest BCUT2D eigenvalue weighted by Crippen LogP contribution is -1.94. The molecule has 0 aromatic heterocycles. The van der Waals surface area contributed by atoms with Crippen molar-refractivity contribution in [3.05, 3.63) is 0 Å². The van der Waals surface area contributed by atoms with Crippen molar-refractivity contribution >= 4 is 0 Å². The third-order valence-electron chi connectivity index (χ3n) is 0.306.